The van der Waals surface area contributed by atoms with Crippen molar-refractivity contribution in [3.05, 3.63) is 90.3 Å². The van der Waals surface area contributed by atoms with Crippen molar-refractivity contribution in [1.29, 1.82) is 0 Å². The quantitative estimate of drug-likeness (QED) is 0.272. The molecule has 0 saturated carbocycles. The molecule has 0 fully saturated rings. The van der Waals surface area contributed by atoms with Crippen LogP contribution in [0.15, 0.2) is 78.9 Å². The van der Waals surface area contributed by atoms with Crippen LogP contribution in [0.1, 0.15) is 30.7 Å². The van der Waals surface area contributed by atoms with Gasteiger partial charge in [0.05, 0.1) is 31.2 Å². The Morgan fingerprint density at radius 3 is 2.57 bits per heavy atom. The van der Waals surface area contributed by atoms with E-state index in [0.29, 0.717) is 19.6 Å². The monoisotopic (exact) mass is 471 g/mol. The number of rotatable bonds is 13. The first-order valence-corrected chi connectivity index (χ1v) is 12.2. The number of amides is 1. The maximum Gasteiger partial charge on any atom is 0.224 e. The Morgan fingerprint density at radius 2 is 1.71 bits per heavy atom. The molecule has 0 saturated heterocycles. The predicted molar refractivity (Wildman–Crippen MR) is 139 cm³/mol. The zero-order valence-electron chi connectivity index (χ0n) is 20.3. The number of carbonyl (C=O) groups excluding carboxylic acids is 1. The van der Waals surface area contributed by atoms with Gasteiger partial charge in [0.25, 0.3) is 0 Å². The Bertz CT molecular complexity index is 1220. The van der Waals surface area contributed by atoms with Gasteiger partial charge >= 0.3 is 0 Å². The average Bonchev–Trinajstić information content (AvgIpc) is 3.24. The molecular weight excluding hydrogens is 438 g/mol. The summed E-state index contributed by atoms with van der Waals surface area (Å²) in [4.78, 5) is 17.1. The van der Waals surface area contributed by atoms with Crippen molar-refractivity contribution in [3.63, 3.8) is 0 Å². The van der Waals surface area contributed by atoms with Crippen LogP contribution in [0.5, 0.6) is 11.5 Å². The minimum Gasteiger partial charge on any atom is -0.497 e. The summed E-state index contributed by atoms with van der Waals surface area (Å²) in [5, 5.41) is 3.04. The molecule has 0 radical (unpaired) electrons. The summed E-state index contributed by atoms with van der Waals surface area (Å²) >= 11 is 0. The summed E-state index contributed by atoms with van der Waals surface area (Å²) in [7, 11) is 1.66. The Labute approximate surface area is 206 Å². The van der Waals surface area contributed by atoms with Crippen LogP contribution < -0.4 is 14.8 Å². The number of unbranched alkanes of at least 4 members (excludes halogenated alkanes) is 1. The molecule has 1 amide bonds. The second-order valence-corrected chi connectivity index (χ2v) is 8.52. The molecule has 0 bridgehead atoms. The van der Waals surface area contributed by atoms with E-state index in [1.54, 1.807) is 7.11 Å². The smallest absolute Gasteiger partial charge is 0.224 e. The molecule has 0 aliphatic rings. The third-order valence-electron chi connectivity index (χ3n) is 5.93. The largest absolute Gasteiger partial charge is 0.497 e. The lowest BCUT2D eigenvalue weighted by atomic mass is 10.1. The molecule has 0 aliphatic heterocycles. The molecule has 6 nitrogen and oxygen atoms in total. The van der Waals surface area contributed by atoms with Crippen molar-refractivity contribution in [2.45, 2.75) is 38.6 Å². The van der Waals surface area contributed by atoms with Crippen LogP contribution >= 0.6 is 0 Å². The Balaban J connectivity index is 1.26. The number of fused-ring (bicyclic) bond motifs is 1. The van der Waals surface area contributed by atoms with Crippen molar-refractivity contribution < 1.29 is 14.3 Å². The Morgan fingerprint density at radius 1 is 0.914 bits per heavy atom. The molecule has 1 heterocycles. The van der Waals surface area contributed by atoms with Crippen molar-refractivity contribution in [1.82, 2.24) is 14.9 Å². The first kappa shape index (κ1) is 24.3. The van der Waals surface area contributed by atoms with E-state index in [2.05, 4.69) is 28.1 Å². The SMILES string of the molecule is COc1cccc(OCCCCn2c(CCCNC(=O)Cc3ccccc3)nc3ccccc32)c1. The molecule has 1 aromatic heterocycles. The highest BCUT2D eigenvalue weighted by atomic mass is 16.5. The fourth-order valence-corrected chi connectivity index (χ4v) is 4.14. The first-order valence-electron chi connectivity index (χ1n) is 12.2. The second kappa shape index (κ2) is 12.6. The Hall–Kier alpha value is -3.80. The zero-order chi connectivity index (χ0) is 24.3. The maximum absolute atomic E-state index is 12.2. The van der Waals surface area contributed by atoms with E-state index in [0.717, 1.165) is 66.1 Å². The number of ether oxygens (including phenoxy) is 2. The van der Waals surface area contributed by atoms with Crippen molar-refractivity contribution in [2.75, 3.05) is 20.3 Å². The van der Waals surface area contributed by atoms with E-state index in [4.69, 9.17) is 14.5 Å². The molecule has 35 heavy (non-hydrogen) atoms. The highest BCUT2D eigenvalue weighted by Gasteiger charge is 2.11. The number of benzene rings is 3. The van der Waals surface area contributed by atoms with Crippen molar-refractivity contribution >= 4 is 16.9 Å². The van der Waals surface area contributed by atoms with Crippen LogP contribution in [0.25, 0.3) is 11.0 Å². The fraction of sp³-hybridized carbons (Fsp3) is 0.310. The van der Waals surface area contributed by atoms with Gasteiger partial charge in [-0.2, -0.15) is 0 Å². The lowest BCUT2D eigenvalue weighted by Gasteiger charge is -2.11. The zero-order valence-corrected chi connectivity index (χ0v) is 20.3. The van der Waals surface area contributed by atoms with Crippen LogP contribution in [0.4, 0.5) is 0 Å². The van der Waals surface area contributed by atoms with Crippen LogP contribution in [-0.2, 0) is 24.2 Å². The van der Waals surface area contributed by atoms with Gasteiger partial charge in [-0.3, -0.25) is 4.79 Å². The molecule has 1 N–H and O–H groups in total. The van der Waals surface area contributed by atoms with E-state index in [-0.39, 0.29) is 5.91 Å². The van der Waals surface area contributed by atoms with E-state index in [1.165, 1.54) is 0 Å². The summed E-state index contributed by atoms with van der Waals surface area (Å²) < 4.78 is 13.4. The van der Waals surface area contributed by atoms with Gasteiger partial charge < -0.3 is 19.4 Å². The van der Waals surface area contributed by atoms with Gasteiger partial charge in [0.1, 0.15) is 17.3 Å². The number of hydrogen-bond acceptors (Lipinski definition) is 4. The van der Waals surface area contributed by atoms with Gasteiger partial charge in [0, 0.05) is 25.6 Å². The van der Waals surface area contributed by atoms with Gasteiger partial charge in [-0.25, -0.2) is 4.98 Å². The molecule has 3 aromatic carbocycles. The van der Waals surface area contributed by atoms with Crippen LogP contribution in [0.2, 0.25) is 0 Å². The molecular formula is C29H33N3O3. The molecule has 182 valence electrons. The third-order valence-corrected chi connectivity index (χ3v) is 5.93. The summed E-state index contributed by atoms with van der Waals surface area (Å²) in [6.45, 7) is 2.18. The number of imidazole rings is 1. The number of aryl methyl sites for hydroxylation is 2. The first-order chi connectivity index (χ1) is 17.2. The molecule has 0 aliphatic carbocycles. The van der Waals surface area contributed by atoms with Crippen LogP contribution in [0.3, 0.4) is 0 Å². The number of hydrogen-bond donors (Lipinski definition) is 1. The molecule has 4 rings (SSSR count). The second-order valence-electron chi connectivity index (χ2n) is 8.52. The molecule has 0 atom stereocenters. The molecule has 6 heteroatoms. The number of nitrogens with zero attached hydrogens (tertiary/aromatic N) is 2. The number of aromatic nitrogens is 2. The lowest BCUT2D eigenvalue weighted by Crippen LogP contribution is -2.26. The number of methoxy groups -OCH3 is 1. The van der Waals surface area contributed by atoms with Gasteiger partial charge in [0.2, 0.25) is 5.91 Å². The summed E-state index contributed by atoms with van der Waals surface area (Å²) in [6.07, 6.45) is 4.02. The highest BCUT2D eigenvalue weighted by molar-refractivity contribution is 5.78. The van der Waals surface area contributed by atoms with Crippen LogP contribution in [-0.4, -0.2) is 35.7 Å². The maximum atomic E-state index is 12.2. The normalized spacial score (nSPS) is 10.9. The van der Waals surface area contributed by atoms with Crippen molar-refractivity contribution in [3.8, 4) is 11.5 Å². The van der Waals surface area contributed by atoms with Gasteiger partial charge in [-0.1, -0.05) is 48.5 Å². The highest BCUT2D eigenvalue weighted by Crippen LogP contribution is 2.20. The summed E-state index contributed by atoms with van der Waals surface area (Å²) in [5.74, 6) is 2.75. The number of para-hydroxylation sites is 2. The third kappa shape index (κ3) is 7.09. The standard InChI is InChI=1S/C29H33N3O3/c1-34-24-13-9-14-25(22-24)35-20-8-7-19-32-27-16-6-5-15-26(27)31-28(32)17-10-18-30-29(33)21-23-11-3-2-4-12-23/h2-6,9,11-16,22H,7-8,10,17-21H2,1H3,(H,30,33). The van der Waals surface area contributed by atoms with E-state index in [1.807, 2.05) is 60.7 Å². The van der Waals surface area contributed by atoms with E-state index in [9.17, 15) is 4.79 Å². The van der Waals surface area contributed by atoms with E-state index >= 15 is 0 Å². The van der Waals surface area contributed by atoms with Gasteiger partial charge in [0.15, 0.2) is 0 Å². The minimum absolute atomic E-state index is 0.0562. The number of carbonyl (C=O) groups is 1. The molecule has 0 unspecified atom stereocenters. The average molecular weight is 472 g/mol. The molecule has 4 aromatic rings. The molecule has 0 spiro atoms. The van der Waals surface area contributed by atoms with Crippen LogP contribution in [0, 0.1) is 0 Å². The minimum atomic E-state index is 0.0562. The Kier molecular flexibility index (Phi) is 8.76. The summed E-state index contributed by atoms with van der Waals surface area (Å²) in [6, 6.07) is 25.8. The topological polar surface area (TPSA) is 65.4 Å². The fourth-order valence-electron chi connectivity index (χ4n) is 4.14. The summed E-state index contributed by atoms with van der Waals surface area (Å²) in [5.41, 5.74) is 3.20. The predicted octanol–water partition coefficient (Wildman–Crippen LogP) is 5.20. The lowest BCUT2D eigenvalue weighted by molar-refractivity contribution is -0.120. The van der Waals surface area contributed by atoms with Crippen molar-refractivity contribution in [2.24, 2.45) is 0 Å². The van der Waals surface area contributed by atoms with Gasteiger partial charge in [-0.15, -0.1) is 0 Å². The van der Waals surface area contributed by atoms with E-state index < -0.39 is 0 Å². The van der Waals surface area contributed by atoms with Gasteiger partial charge in [-0.05, 0) is 49.1 Å². The number of nitrogens with one attached hydrogen (secondary N) is 1.